The number of halogens is 1. The van der Waals surface area contributed by atoms with E-state index in [0.717, 1.165) is 0 Å². The summed E-state index contributed by atoms with van der Waals surface area (Å²) >= 11 is 3.20. The molecule has 0 atom stereocenters. The molecule has 0 aliphatic rings. The van der Waals surface area contributed by atoms with Crippen LogP contribution in [0, 0.1) is 0 Å². The first-order chi connectivity index (χ1) is 11.9. The fourth-order valence-electron chi connectivity index (χ4n) is 1.97. The van der Waals surface area contributed by atoms with Crippen molar-refractivity contribution in [1.29, 1.82) is 0 Å². The third-order valence-electron chi connectivity index (χ3n) is 3.00. The van der Waals surface area contributed by atoms with Crippen molar-refractivity contribution in [3.63, 3.8) is 0 Å². The van der Waals surface area contributed by atoms with Gasteiger partial charge in [-0.3, -0.25) is 9.59 Å². The quantitative estimate of drug-likeness (QED) is 0.635. The molecule has 1 aromatic heterocycles. The Labute approximate surface area is 152 Å². The zero-order valence-corrected chi connectivity index (χ0v) is 15.1. The Morgan fingerprint density at radius 1 is 1.20 bits per heavy atom. The summed E-state index contributed by atoms with van der Waals surface area (Å²) in [6.45, 7) is 0.907. The van der Waals surface area contributed by atoms with Gasteiger partial charge in [-0.25, -0.2) is 4.79 Å². The van der Waals surface area contributed by atoms with Gasteiger partial charge in [0.2, 0.25) is 5.91 Å². The van der Waals surface area contributed by atoms with Crippen LogP contribution in [0.1, 0.15) is 17.4 Å². The Bertz CT molecular complexity index is 803. The van der Waals surface area contributed by atoms with Crippen LogP contribution in [0.25, 0.3) is 0 Å². The van der Waals surface area contributed by atoms with E-state index in [1.165, 1.54) is 14.0 Å². The van der Waals surface area contributed by atoms with Gasteiger partial charge in [-0.05, 0) is 40.2 Å². The number of aromatic nitrogens is 1. The Kier molecular flexibility index (Phi) is 6.18. The monoisotopic (exact) mass is 409 g/mol. The van der Waals surface area contributed by atoms with Crippen molar-refractivity contribution in [2.45, 2.75) is 6.92 Å². The number of hydrogen-bond acceptors (Lipinski definition) is 5. The van der Waals surface area contributed by atoms with E-state index in [2.05, 4.69) is 31.5 Å². The third-order valence-corrected chi connectivity index (χ3v) is 3.45. The molecule has 0 radical (unpaired) electrons. The minimum absolute atomic E-state index is 0.227. The van der Waals surface area contributed by atoms with E-state index in [0.29, 0.717) is 21.6 Å². The number of anilines is 2. The molecule has 3 N–H and O–H groups in total. The van der Waals surface area contributed by atoms with E-state index in [1.54, 1.807) is 30.5 Å². The number of esters is 1. The number of ether oxygens (including phenoxy) is 2. The molecule has 0 spiro atoms. The lowest BCUT2D eigenvalue weighted by Gasteiger charge is -2.12. The lowest BCUT2D eigenvalue weighted by Crippen LogP contribution is -2.21. The highest BCUT2D eigenvalue weighted by Crippen LogP contribution is 2.27. The van der Waals surface area contributed by atoms with Gasteiger partial charge in [-0.1, -0.05) is 0 Å². The molecular formula is C16H16BrN3O5. The number of carbonyl (C=O) groups excluding carboxylic acids is 3. The second-order valence-corrected chi connectivity index (χ2v) is 5.87. The Morgan fingerprint density at radius 2 is 1.96 bits per heavy atom. The van der Waals surface area contributed by atoms with Gasteiger partial charge >= 0.3 is 5.97 Å². The van der Waals surface area contributed by atoms with E-state index >= 15 is 0 Å². The summed E-state index contributed by atoms with van der Waals surface area (Å²) in [6, 6.07) is 6.32. The topological polar surface area (TPSA) is 110 Å². The fraction of sp³-hybridized carbons (Fsp3) is 0.188. The van der Waals surface area contributed by atoms with Crippen LogP contribution in [-0.2, 0) is 14.3 Å². The molecule has 2 amide bonds. The number of rotatable bonds is 6. The molecule has 0 aliphatic heterocycles. The Morgan fingerprint density at radius 3 is 2.56 bits per heavy atom. The zero-order chi connectivity index (χ0) is 18.4. The molecule has 132 valence electrons. The maximum Gasteiger partial charge on any atom is 0.355 e. The van der Waals surface area contributed by atoms with E-state index in [4.69, 9.17) is 9.47 Å². The lowest BCUT2D eigenvalue weighted by atomic mass is 10.2. The van der Waals surface area contributed by atoms with Gasteiger partial charge in [-0.2, -0.15) is 0 Å². The fourth-order valence-corrected chi connectivity index (χ4v) is 2.31. The molecule has 0 saturated carbocycles. The molecule has 1 heterocycles. The smallest absolute Gasteiger partial charge is 0.355 e. The highest BCUT2D eigenvalue weighted by atomic mass is 79.9. The number of benzene rings is 1. The average molecular weight is 410 g/mol. The Hall–Kier alpha value is -2.81. The lowest BCUT2D eigenvalue weighted by molar-refractivity contribution is -0.119. The van der Waals surface area contributed by atoms with Crippen molar-refractivity contribution < 1.29 is 23.9 Å². The normalized spacial score (nSPS) is 10.0. The highest BCUT2D eigenvalue weighted by molar-refractivity contribution is 9.10. The van der Waals surface area contributed by atoms with Crippen molar-refractivity contribution in [1.82, 2.24) is 4.98 Å². The second-order valence-electron chi connectivity index (χ2n) is 4.95. The maximum atomic E-state index is 12.0. The van der Waals surface area contributed by atoms with Crippen LogP contribution < -0.4 is 15.4 Å². The predicted octanol–water partition coefficient (Wildman–Crippen LogP) is 2.54. The second kappa shape index (κ2) is 8.34. The molecule has 25 heavy (non-hydrogen) atoms. The van der Waals surface area contributed by atoms with Gasteiger partial charge < -0.3 is 25.1 Å². The summed E-state index contributed by atoms with van der Waals surface area (Å²) in [4.78, 5) is 37.6. The highest BCUT2D eigenvalue weighted by Gasteiger charge is 2.14. The molecule has 0 fully saturated rings. The van der Waals surface area contributed by atoms with Crippen LogP contribution in [0.3, 0.4) is 0 Å². The molecule has 8 nitrogen and oxygen atoms in total. The molecule has 0 aliphatic carbocycles. The van der Waals surface area contributed by atoms with E-state index in [-0.39, 0.29) is 11.6 Å². The molecule has 0 unspecified atom stereocenters. The van der Waals surface area contributed by atoms with Crippen LogP contribution in [0.2, 0.25) is 0 Å². The van der Waals surface area contributed by atoms with Crippen LogP contribution in [0.5, 0.6) is 5.75 Å². The summed E-state index contributed by atoms with van der Waals surface area (Å²) in [6.07, 6.45) is 1.58. The number of hydrogen-bond donors (Lipinski definition) is 3. The number of H-pyrrole nitrogens is 1. The number of methoxy groups -OCH3 is 1. The van der Waals surface area contributed by atoms with Crippen molar-refractivity contribution in [3.8, 4) is 5.75 Å². The molecule has 2 aromatic rings. The third kappa shape index (κ3) is 5.35. The van der Waals surface area contributed by atoms with Crippen molar-refractivity contribution >= 4 is 45.1 Å². The minimum atomic E-state index is -0.653. The van der Waals surface area contributed by atoms with Gasteiger partial charge in [0, 0.05) is 23.3 Å². The summed E-state index contributed by atoms with van der Waals surface area (Å²) < 4.78 is 10.8. The van der Waals surface area contributed by atoms with Crippen LogP contribution >= 0.6 is 15.9 Å². The van der Waals surface area contributed by atoms with Crippen molar-refractivity contribution in [2.24, 2.45) is 0 Å². The largest absolute Gasteiger partial charge is 0.495 e. The zero-order valence-electron chi connectivity index (χ0n) is 13.5. The molecule has 0 saturated heterocycles. The Balaban J connectivity index is 1.99. The van der Waals surface area contributed by atoms with Gasteiger partial charge in [0.25, 0.3) is 5.91 Å². The van der Waals surface area contributed by atoms with Gasteiger partial charge in [0.15, 0.2) is 6.61 Å². The van der Waals surface area contributed by atoms with Crippen LogP contribution in [0.4, 0.5) is 11.4 Å². The number of aromatic amines is 1. The summed E-state index contributed by atoms with van der Waals surface area (Å²) in [5.41, 5.74) is 1.07. The number of carbonyl (C=O) groups is 3. The maximum absolute atomic E-state index is 12.0. The standard InChI is InChI=1S/C16H16BrN3O5/c1-9(21)19-11-3-4-14(24-2)12(6-11)20-15(22)8-25-16(23)13-5-10(17)7-18-13/h3-7,18H,8H2,1-2H3,(H,19,21)(H,20,22). The summed E-state index contributed by atoms with van der Waals surface area (Å²) in [7, 11) is 1.45. The van der Waals surface area contributed by atoms with Gasteiger partial charge in [0.1, 0.15) is 11.4 Å². The first-order valence-electron chi connectivity index (χ1n) is 7.15. The van der Waals surface area contributed by atoms with Crippen LogP contribution in [-0.4, -0.2) is 36.5 Å². The van der Waals surface area contributed by atoms with E-state index in [9.17, 15) is 14.4 Å². The predicted molar refractivity (Wildman–Crippen MR) is 94.7 cm³/mol. The summed E-state index contributed by atoms with van der Waals surface area (Å²) in [5, 5.41) is 5.18. The number of nitrogens with one attached hydrogen (secondary N) is 3. The molecule has 9 heteroatoms. The summed E-state index contributed by atoms with van der Waals surface area (Å²) in [5.74, 6) is -1.03. The van der Waals surface area contributed by atoms with Crippen molar-refractivity contribution in [3.05, 3.63) is 40.6 Å². The van der Waals surface area contributed by atoms with E-state index in [1.807, 2.05) is 0 Å². The number of amides is 2. The first-order valence-corrected chi connectivity index (χ1v) is 7.95. The van der Waals surface area contributed by atoms with Gasteiger partial charge in [-0.15, -0.1) is 0 Å². The average Bonchev–Trinajstić information content (AvgIpc) is 2.99. The molecule has 2 rings (SSSR count). The molecule has 1 aromatic carbocycles. The SMILES string of the molecule is COc1ccc(NC(C)=O)cc1NC(=O)COC(=O)c1cc(Br)c[nH]1. The van der Waals surface area contributed by atoms with Crippen LogP contribution in [0.15, 0.2) is 34.9 Å². The van der Waals surface area contributed by atoms with E-state index < -0.39 is 18.5 Å². The molecule has 0 bridgehead atoms. The minimum Gasteiger partial charge on any atom is -0.495 e. The van der Waals surface area contributed by atoms with Gasteiger partial charge in [0.05, 0.1) is 12.8 Å². The molecular weight excluding hydrogens is 394 g/mol. The first kappa shape index (κ1) is 18.5. The van der Waals surface area contributed by atoms with Crippen molar-refractivity contribution in [2.75, 3.05) is 24.4 Å².